The van der Waals surface area contributed by atoms with E-state index in [9.17, 15) is 4.39 Å². The first kappa shape index (κ1) is 18.1. The standard InChI is InChI=1S/C12H16FNO.2C2H6/c13-11-4-2-10(3-5-11)8-12-9-14-6-1-7-15-12;2*1-2/h2-5,12,14H,1,6-9H2;2*1-2H3. The van der Waals surface area contributed by atoms with Crippen molar-refractivity contribution in [3.63, 3.8) is 0 Å². The highest BCUT2D eigenvalue weighted by Crippen LogP contribution is 2.09. The second-order valence-corrected chi connectivity index (χ2v) is 3.88. The molecule has 1 aliphatic rings. The molecule has 1 atom stereocenters. The Balaban J connectivity index is 0.000000741. The van der Waals surface area contributed by atoms with Gasteiger partial charge in [0.25, 0.3) is 0 Å². The fourth-order valence-corrected chi connectivity index (χ4v) is 1.78. The summed E-state index contributed by atoms with van der Waals surface area (Å²) in [5.41, 5.74) is 1.13. The van der Waals surface area contributed by atoms with Crippen LogP contribution in [0.5, 0.6) is 0 Å². The Morgan fingerprint density at radius 3 is 2.42 bits per heavy atom. The lowest BCUT2D eigenvalue weighted by atomic mass is 10.1. The molecule has 0 aliphatic carbocycles. The van der Waals surface area contributed by atoms with E-state index in [1.54, 1.807) is 0 Å². The van der Waals surface area contributed by atoms with Gasteiger partial charge in [0.2, 0.25) is 0 Å². The van der Waals surface area contributed by atoms with Crippen molar-refractivity contribution in [1.82, 2.24) is 5.32 Å². The van der Waals surface area contributed by atoms with Crippen LogP contribution in [-0.2, 0) is 11.2 Å². The van der Waals surface area contributed by atoms with Crippen LogP contribution in [0, 0.1) is 5.82 Å². The molecule has 110 valence electrons. The average molecular weight is 269 g/mol. The number of benzene rings is 1. The van der Waals surface area contributed by atoms with Crippen molar-refractivity contribution in [3.05, 3.63) is 35.6 Å². The second-order valence-electron chi connectivity index (χ2n) is 3.88. The first-order chi connectivity index (χ1) is 9.34. The lowest BCUT2D eigenvalue weighted by Gasteiger charge is -2.14. The minimum Gasteiger partial charge on any atom is -0.377 e. The Bertz CT molecular complexity index is 292. The third-order valence-electron chi connectivity index (χ3n) is 2.60. The third kappa shape index (κ3) is 7.96. The van der Waals surface area contributed by atoms with E-state index in [0.29, 0.717) is 0 Å². The Morgan fingerprint density at radius 2 is 1.79 bits per heavy atom. The number of halogens is 1. The second kappa shape index (κ2) is 12.1. The van der Waals surface area contributed by atoms with Crippen molar-refractivity contribution in [3.8, 4) is 0 Å². The first-order valence-electron chi connectivity index (χ1n) is 7.41. The first-order valence-corrected chi connectivity index (χ1v) is 7.41. The van der Waals surface area contributed by atoms with E-state index in [4.69, 9.17) is 4.74 Å². The molecule has 0 bridgehead atoms. The van der Waals surface area contributed by atoms with Crippen LogP contribution in [0.3, 0.4) is 0 Å². The molecular formula is C16H28FNO. The summed E-state index contributed by atoms with van der Waals surface area (Å²) in [5.74, 6) is -0.182. The molecule has 1 aromatic carbocycles. The van der Waals surface area contributed by atoms with E-state index in [2.05, 4.69) is 5.32 Å². The van der Waals surface area contributed by atoms with Crippen LogP contribution >= 0.6 is 0 Å². The summed E-state index contributed by atoms with van der Waals surface area (Å²) in [7, 11) is 0. The lowest BCUT2D eigenvalue weighted by Crippen LogP contribution is -2.27. The van der Waals surface area contributed by atoms with Crippen LogP contribution < -0.4 is 5.32 Å². The van der Waals surface area contributed by atoms with Gasteiger partial charge in [-0.15, -0.1) is 0 Å². The maximum Gasteiger partial charge on any atom is 0.123 e. The van der Waals surface area contributed by atoms with Crippen LogP contribution in [0.4, 0.5) is 4.39 Å². The maximum absolute atomic E-state index is 12.7. The molecule has 1 aromatic rings. The van der Waals surface area contributed by atoms with Gasteiger partial charge in [-0.2, -0.15) is 0 Å². The quantitative estimate of drug-likeness (QED) is 0.881. The molecule has 1 heterocycles. The maximum atomic E-state index is 12.7. The zero-order valence-electron chi connectivity index (χ0n) is 12.7. The molecule has 1 fully saturated rings. The highest BCUT2D eigenvalue weighted by molar-refractivity contribution is 5.16. The highest BCUT2D eigenvalue weighted by atomic mass is 19.1. The summed E-state index contributed by atoms with van der Waals surface area (Å²) in [5, 5.41) is 3.33. The molecule has 1 aliphatic heterocycles. The average Bonchev–Trinajstić information content (AvgIpc) is 2.74. The Hall–Kier alpha value is -0.930. The van der Waals surface area contributed by atoms with Gasteiger partial charge in [0.1, 0.15) is 5.82 Å². The molecule has 0 amide bonds. The van der Waals surface area contributed by atoms with Crippen molar-refractivity contribution < 1.29 is 9.13 Å². The molecule has 1 unspecified atom stereocenters. The van der Waals surface area contributed by atoms with Crippen LogP contribution in [-0.4, -0.2) is 25.8 Å². The summed E-state index contributed by atoms with van der Waals surface area (Å²) in [6.45, 7) is 10.7. The monoisotopic (exact) mass is 269 g/mol. The van der Waals surface area contributed by atoms with Crippen LogP contribution in [0.15, 0.2) is 24.3 Å². The molecule has 2 rings (SSSR count). The van der Waals surface area contributed by atoms with Gasteiger partial charge < -0.3 is 10.1 Å². The minimum atomic E-state index is -0.182. The van der Waals surface area contributed by atoms with E-state index < -0.39 is 0 Å². The summed E-state index contributed by atoms with van der Waals surface area (Å²) in [6, 6.07) is 6.64. The molecule has 0 radical (unpaired) electrons. The van der Waals surface area contributed by atoms with Crippen molar-refractivity contribution in [2.45, 2.75) is 46.6 Å². The summed E-state index contributed by atoms with van der Waals surface area (Å²) in [4.78, 5) is 0. The van der Waals surface area contributed by atoms with Crippen molar-refractivity contribution >= 4 is 0 Å². The van der Waals surface area contributed by atoms with Crippen LogP contribution in [0.2, 0.25) is 0 Å². The van der Waals surface area contributed by atoms with Crippen molar-refractivity contribution in [2.75, 3.05) is 19.7 Å². The van der Waals surface area contributed by atoms with Crippen molar-refractivity contribution in [2.24, 2.45) is 0 Å². The van der Waals surface area contributed by atoms with E-state index in [1.807, 2.05) is 39.8 Å². The fraction of sp³-hybridized carbons (Fsp3) is 0.625. The van der Waals surface area contributed by atoms with Gasteiger partial charge in [-0.1, -0.05) is 39.8 Å². The molecule has 1 saturated heterocycles. The van der Waals surface area contributed by atoms with E-state index in [1.165, 1.54) is 12.1 Å². The molecule has 19 heavy (non-hydrogen) atoms. The van der Waals surface area contributed by atoms with Crippen LogP contribution in [0.25, 0.3) is 0 Å². The number of hydrogen-bond acceptors (Lipinski definition) is 2. The van der Waals surface area contributed by atoms with Crippen molar-refractivity contribution in [1.29, 1.82) is 0 Å². The molecule has 2 nitrogen and oxygen atoms in total. The molecular weight excluding hydrogens is 241 g/mol. The van der Waals surface area contributed by atoms with Gasteiger partial charge >= 0.3 is 0 Å². The highest BCUT2D eigenvalue weighted by Gasteiger charge is 2.12. The zero-order chi connectivity index (χ0) is 14.5. The van der Waals surface area contributed by atoms with Gasteiger partial charge in [0.05, 0.1) is 6.10 Å². The zero-order valence-corrected chi connectivity index (χ0v) is 12.7. The van der Waals surface area contributed by atoms with Gasteiger partial charge in [0.15, 0.2) is 0 Å². The summed E-state index contributed by atoms with van der Waals surface area (Å²) in [6.07, 6.45) is 2.14. The normalized spacial score (nSPS) is 18.3. The predicted molar refractivity (Wildman–Crippen MR) is 80.0 cm³/mol. The van der Waals surface area contributed by atoms with Crippen LogP contribution in [0.1, 0.15) is 39.7 Å². The molecule has 0 saturated carbocycles. The fourth-order valence-electron chi connectivity index (χ4n) is 1.78. The van der Waals surface area contributed by atoms with E-state index in [0.717, 1.165) is 38.1 Å². The van der Waals surface area contributed by atoms with Gasteiger partial charge in [-0.25, -0.2) is 4.39 Å². The summed E-state index contributed by atoms with van der Waals surface area (Å²) < 4.78 is 18.4. The van der Waals surface area contributed by atoms with E-state index in [-0.39, 0.29) is 11.9 Å². The Morgan fingerprint density at radius 1 is 1.16 bits per heavy atom. The topological polar surface area (TPSA) is 21.3 Å². The third-order valence-corrected chi connectivity index (χ3v) is 2.60. The van der Waals surface area contributed by atoms with Gasteiger partial charge in [-0.3, -0.25) is 0 Å². The lowest BCUT2D eigenvalue weighted by molar-refractivity contribution is 0.0675. The number of hydrogen-bond donors (Lipinski definition) is 1. The Labute approximate surface area is 117 Å². The molecule has 3 heteroatoms. The summed E-state index contributed by atoms with van der Waals surface area (Å²) >= 11 is 0. The molecule has 0 spiro atoms. The minimum absolute atomic E-state index is 0.182. The number of nitrogens with one attached hydrogen (secondary N) is 1. The van der Waals surface area contributed by atoms with Gasteiger partial charge in [0, 0.05) is 13.2 Å². The smallest absolute Gasteiger partial charge is 0.123 e. The Kier molecular flexibility index (Phi) is 11.5. The SMILES string of the molecule is CC.CC.Fc1ccc(CC2CNCCCO2)cc1. The molecule has 0 aromatic heterocycles. The largest absolute Gasteiger partial charge is 0.377 e. The number of rotatable bonds is 2. The van der Waals surface area contributed by atoms with E-state index >= 15 is 0 Å². The predicted octanol–water partition coefficient (Wildman–Crippen LogP) is 3.80. The molecule has 1 N–H and O–H groups in total. The number of ether oxygens (including phenoxy) is 1. The van der Waals surface area contributed by atoms with Gasteiger partial charge in [-0.05, 0) is 37.1 Å².